The van der Waals surface area contributed by atoms with E-state index in [0.717, 1.165) is 24.2 Å². The van der Waals surface area contributed by atoms with Gasteiger partial charge in [0.2, 0.25) is 0 Å². The fraction of sp³-hybridized carbons (Fsp3) is 0.625. The number of hydrogen-bond donors (Lipinski definition) is 1. The molecule has 0 atom stereocenters. The van der Waals surface area contributed by atoms with Gasteiger partial charge in [0.15, 0.2) is 0 Å². The van der Waals surface area contributed by atoms with Crippen molar-refractivity contribution in [2.75, 3.05) is 32.2 Å². The zero-order valence-corrected chi connectivity index (χ0v) is 14.1. The molecule has 0 radical (unpaired) electrons. The van der Waals surface area contributed by atoms with E-state index in [0.29, 0.717) is 6.04 Å². The summed E-state index contributed by atoms with van der Waals surface area (Å²) in [6.45, 7) is 2.53. The van der Waals surface area contributed by atoms with Gasteiger partial charge in [-0.05, 0) is 30.5 Å². The number of anilines is 1. The fourth-order valence-corrected chi connectivity index (χ4v) is 3.25. The number of ether oxygens (including phenoxy) is 1. The molecule has 1 saturated carbocycles. The van der Waals surface area contributed by atoms with E-state index in [1.165, 1.54) is 36.9 Å². The molecule has 112 valence electrons. The van der Waals surface area contributed by atoms with Crippen molar-refractivity contribution >= 4 is 21.6 Å². The molecule has 2 rings (SSSR count). The highest BCUT2D eigenvalue weighted by Crippen LogP contribution is 2.31. The first kappa shape index (κ1) is 15.8. The van der Waals surface area contributed by atoms with Crippen LogP contribution < -0.4 is 10.2 Å². The normalized spacial score (nSPS) is 15.8. The van der Waals surface area contributed by atoms with Crippen LogP contribution in [0.2, 0.25) is 0 Å². The third-order valence-electron chi connectivity index (χ3n) is 4.10. The Morgan fingerprint density at radius 1 is 1.35 bits per heavy atom. The average Bonchev–Trinajstić information content (AvgIpc) is 2.98. The van der Waals surface area contributed by atoms with Gasteiger partial charge in [0, 0.05) is 43.4 Å². The molecular weight excluding hydrogens is 316 g/mol. The first-order valence-corrected chi connectivity index (χ1v) is 8.22. The summed E-state index contributed by atoms with van der Waals surface area (Å²) in [7, 11) is 3.97. The Kier molecular flexibility index (Phi) is 6.33. The van der Waals surface area contributed by atoms with Crippen LogP contribution in [0.5, 0.6) is 0 Å². The van der Waals surface area contributed by atoms with Gasteiger partial charge in [-0.2, -0.15) is 0 Å². The van der Waals surface area contributed by atoms with E-state index in [2.05, 4.69) is 51.4 Å². The first-order chi connectivity index (χ1) is 9.72. The van der Waals surface area contributed by atoms with Gasteiger partial charge in [-0.15, -0.1) is 0 Å². The highest BCUT2D eigenvalue weighted by molar-refractivity contribution is 9.10. The Labute approximate surface area is 130 Å². The van der Waals surface area contributed by atoms with Gasteiger partial charge < -0.3 is 15.0 Å². The molecule has 0 heterocycles. The molecule has 1 aliphatic carbocycles. The van der Waals surface area contributed by atoms with Crippen molar-refractivity contribution in [3.63, 3.8) is 0 Å². The lowest BCUT2D eigenvalue weighted by molar-refractivity contribution is 0.199. The molecule has 1 N–H and O–H groups in total. The number of hydrogen-bond acceptors (Lipinski definition) is 3. The van der Waals surface area contributed by atoms with Gasteiger partial charge in [0.1, 0.15) is 0 Å². The second-order valence-corrected chi connectivity index (χ2v) is 6.41. The molecule has 0 aliphatic heterocycles. The summed E-state index contributed by atoms with van der Waals surface area (Å²) in [4.78, 5) is 2.46. The smallest absolute Gasteiger partial charge is 0.0587 e. The van der Waals surface area contributed by atoms with E-state index in [1.54, 1.807) is 7.11 Å². The summed E-state index contributed by atoms with van der Waals surface area (Å²) >= 11 is 3.60. The number of methoxy groups -OCH3 is 1. The van der Waals surface area contributed by atoms with Crippen molar-refractivity contribution in [1.82, 2.24) is 5.32 Å². The Morgan fingerprint density at radius 2 is 2.10 bits per heavy atom. The predicted octanol–water partition coefficient (Wildman–Crippen LogP) is 3.56. The summed E-state index contributed by atoms with van der Waals surface area (Å²) < 4.78 is 6.23. The fourth-order valence-electron chi connectivity index (χ4n) is 2.90. The van der Waals surface area contributed by atoms with Crippen molar-refractivity contribution in [2.24, 2.45) is 0 Å². The average molecular weight is 341 g/mol. The van der Waals surface area contributed by atoms with Crippen molar-refractivity contribution in [2.45, 2.75) is 38.3 Å². The Bertz CT molecular complexity index is 419. The van der Waals surface area contributed by atoms with Crippen LogP contribution in [0.3, 0.4) is 0 Å². The maximum atomic E-state index is 5.08. The molecule has 0 spiro atoms. The highest BCUT2D eigenvalue weighted by atomic mass is 79.9. The molecule has 4 heteroatoms. The van der Waals surface area contributed by atoms with Crippen LogP contribution in [0.1, 0.15) is 31.2 Å². The van der Waals surface area contributed by atoms with E-state index in [1.807, 2.05) is 0 Å². The molecule has 20 heavy (non-hydrogen) atoms. The SMILES string of the molecule is COCCNCc1ccc(Br)cc1N(C)C1CCCC1. The number of nitrogens with zero attached hydrogens (tertiary/aromatic N) is 1. The minimum atomic E-state index is 0.696. The van der Waals surface area contributed by atoms with Gasteiger partial charge in [-0.1, -0.05) is 34.8 Å². The molecule has 1 aromatic carbocycles. The molecule has 0 aromatic heterocycles. The molecular formula is C16H25BrN2O. The lowest BCUT2D eigenvalue weighted by Crippen LogP contribution is -2.30. The number of nitrogens with one attached hydrogen (secondary N) is 1. The number of halogens is 1. The van der Waals surface area contributed by atoms with Gasteiger partial charge in [0.25, 0.3) is 0 Å². The van der Waals surface area contributed by atoms with Crippen molar-refractivity contribution in [1.29, 1.82) is 0 Å². The molecule has 0 bridgehead atoms. The van der Waals surface area contributed by atoms with Crippen molar-refractivity contribution < 1.29 is 4.74 Å². The Hall–Kier alpha value is -0.580. The monoisotopic (exact) mass is 340 g/mol. The third kappa shape index (κ3) is 4.21. The van der Waals surface area contributed by atoms with Crippen LogP contribution in [-0.2, 0) is 11.3 Å². The molecule has 0 amide bonds. The molecule has 3 nitrogen and oxygen atoms in total. The second-order valence-electron chi connectivity index (χ2n) is 5.49. The summed E-state index contributed by atoms with van der Waals surface area (Å²) in [5.74, 6) is 0. The van der Waals surface area contributed by atoms with Crippen molar-refractivity contribution in [3.05, 3.63) is 28.2 Å². The van der Waals surface area contributed by atoms with Crippen molar-refractivity contribution in [3.8, 4) is 0 Å². The molecule has 1 aromatic rings. The third-order valence-corrected chi connectivity index (χ3v) is 4.59. The molecule has 0 saturated heterocycles. The standard InChI is InChI=1S/C16H25BrN2O/c1-19(15-5-3-4-6-15)16-11-14(17)8-7-13(16)12-18-9-10-20-2/h7-8,11,15,18H,3-6,9-10,12H2,1-2H3. The minimum Gasteiger partial charge on any atom is -0.383 e. The van der Waals surface area contributed by atoms with Gasteiger partial charge in [-0.3, -0.25) is 0 Å². The second kappa shape index (κ2) is 8.01. The molecule has 1 aliphatic rings. The number of benzene rings is 1. The zero-order chi connectivity index (χ0) is 14.4. The Morgan fingerprint density at radius 3 is 2.80 bits per heavy atom. The van der Waals surface area contributed by atoms with E-state index in [-0.39, 0.29) is 0 Å². The quantitative estimate of drug-likeness (QED) is 0.768. The van der Waals surface area contributed by atoms with Crippen LogP contribution in [-0.4, -0.2) is 33.4 Å². The summed E-state index contributed by atoms with van der Waals surface area (Å²) in [6.07, 6.45) is 5.37. The van der Waals surface area contributed by atoms with E-state index < -0.39 is 0 Å². The van der Waals surface area contributed by atoms with Gasteiger partial charge >= 0.3 is 0 Å². The topological polar surface area (TPSA) is 24.5 Å². The van der Waals surface area contributed by atoms with E-state index in [4.69, 9.17) is 4.74 Å². The summed E-state index contributed by atoms with van der Waals surface area (Å²) in [5, 5.41) is 3.44. The van der Waals surface area contributed by atoms with E-state index >= 15 is 0 Å². The van der Waals surface area contributed by atoms with Crippen LogP contribution in [0.15, 0.2) is 22.7 Å². The van der Waals surface area contributed by atoms with Crippen LogP contribution >= 0.6 is 15.9 Å². The Balaban J connectivity index is 2.06. The van der Waals surface area contributed by atoms with Crippen LogP contribution in [0, 0.1) is 0 Å². The summed E-state index contributed by atoms with van der Waals surface area (Å²) in [5.41, 5.74) is 2.70. The largest absolute Gasteiger partial charge is 0.383 e. The van der Waals surface area contributed by atoms with Crippen LogP contribution in [0.25, 0.3) is 0 Å². The first-order valence-electron chi connectivity index (χ1n) is 7.43. The maximum absolute atomic E-state index is 5.08. The lowest BCUT2D eigenvalue weighted by Gasteiger charge is -2.29. The molecule has 1 fully saturated rings. The summed E-state index contributed by atoms with van der Waals surface area (Å²) in [6, 6.07) is 7.28. The van der Waals surface area contributed by atoms with Gasteiger partial charge in [-0.25, -0.2) is 0 Å². The van der Waals surface area contributed by atoms with Crippen LogP contribution in [0.4, 0.5) is 5.69 Å². The number of rotatable bonds is 7. The lowest BCUT2D eigenvalue weighted by atomic mass is 10.1. The highest BCUT2D eigenvalue weighted by Gasteiger charge is 2.21. The van der Waals surface area contributed by atoms with Gasteiger partial charge in [0.05, 0.1) is 6.61 Å². The van der Waals surface area contributed by atoms with E-state index in [9.17, 15) is 0 Å². The zero-order valence-electron chi connectivity index (χ0n) is 12.5. The minimum absolute atomic E-state index is 0.696. The predicted molar refractivity (Wildman–Crippen MR) is 88.4 cm³/mol. The molecule has 0 unspecified atom stereocenters. The maximum Gasteiger partial charge on any atom is 0.0587 e.